The molecule has 1 atom stereocenters. The van der Waals surface area contributed by atoms with Crippen LogP contribution in [0.3, 0.4) is 0 Å². The van der Waals surface area contributed by atoms with Crippen LogP contribution in [0.15, 0.2) is 24.3 Å². The first-order valence-electron chi connectivity index (χ1n) is 7.21. The molecule has 19 heavy (non-hydrogen) atoms. The van der Waals surface area contributed by atoms with Crippen molar-refractivity contribution in [3.05, 3.63) is 35.4 Å². The summed E-state index contributed by atoms with van der Waals surface area (Å²) < 4.78 is 0. The first-order valence-corrected chi connectivity index (χ1v) is 7.21. The van der Waals surface area contributed by atoms with Gasteiger partial charge in [0.15, 0.2) is 0 Å². The van der Waals surface area contributed by atoms with Crippen LogP contribution in [0.4, 0.5) is 0 Å². The van der Waals surface area contributed by atoms with Gasteiger partial charge < -0.3 is 10.6 Å². The van der Waals surface area contributed by atoms with Gasteiger partial charge in [0.1, 0.15) is 0 Å². The quantitative estimate of drug-likeness (QED) is 0.853. The van der Waals surface area contributed by atoms with Gasteiger partial charge in [0.05, 0.1) is 6.04 Å². The molecule has 0 radical (unpaired) electrons. The van der Waals surface area contributed by atoms with E-state index in [1.165, 1.54) is 11.1 Å². The molecule has 0 spiro atoms. The van der Waals surface area contributed by atoms with Crippen molar-refractivity contribution in [1.82, 2.24) is 10.6 Å². The van der Waals surface area contributed by atoms with E-state index in [9.17, 15) is 4.79 Å². The fourth-order valence-electron chi connectivity index (χ4n) is 2.81. The third-order valence-corrected chi connectivity index (χ3v) is 4.00. The van der Waals surface area contributed by atoms with Gasteiger partial charge in [-0.25, -0.2) is 0 Å². The van der Waals surface area contributed by atoms with Crippen LogP contribution < -0.4 is 10.6 Å². The molecule has 0 aliphatic heterocycles. The van der Waals surface area contributed by atoms with Crippen LogP contribution in [-0.2, 0) is 4.79 Å². The normalized spacial score (nSPS) is 23.5. The Morgan fingerprint density at radius 3 is 2.68 bits per heavy atom. The summed E-state index contributed by atoms with van der Waals surface area (Å²) in [5.41, 5.74) is 2.84. The van der Waals surface area contributed by atoms with Crippen LogP contribution in [0, 0.1) is 6.92 Å². The van der Waals surface area contributed by atoms with E-state index in [1.54, 1.807) is 0 Å². The van der Waals surface area contributed by atoms with E-state index in [0.717, 1.165) is 12.8 Å². The Kier molecular flexibility index (Phi) is 4.59. The minimum absolute atomic E-state index is 0.0947. The van der Waals surface area contributed by atoms with Gasteiger partial charge in [-0.1, -0.05) is 24.3 Å². The van der Waals surface area contributed by atoms with Crippen LogP contribution >= 0.6 is 0 Å². The van der Waals surface area contributed by atoms with Crippen LogP contribution in [0.5, 0.6) is 0 Å². The number of likely N-dealkylation sites (N-methyl/N-ethyl adjacent to an activating group) is 1. The third kappa shape index (κ3) is 3.35. The topological polar surface area (TPSA) is 41.1 Å². The fraction of sp³-hybridized carbons (Fsp3) is 0.562. The van der Waals surface area contributed by atoms with Crippen molar-refractivity contribution in [3.63, 3.8) is 0 Å². The van der Waals surface area contributed by atoms with Crippen molar-refractivity contribution in [1.29, 1.82) is 0 Å². The Morgan fingerprint density at radius 2 is 2.05 bits per heavy atom. The smallest absolute Gasteiger partial charge is 0.236 e. The predicted molar refractivity (Wildman–Crippen MR) is 78.2 cm³/mol. The maximum atomic E-state index is 11.7. The van der Waals surface area contributed by atoms with Crippen molar-refractivity contribution < 1.29 is 4.79 Å². The Labute approximate surface area is 115 Å². The lowest BCUT2D eigenvalue weighted by atomic mass is 9.74. The molecule has 3 nitrogen and oxygen atoms in total. The van der Waals surface area contributed by atoms with Crippen molar-refractivity contribution in [2.75, 3.05) is 6.54 Å². The van der Waals surface area contributed by atoms with Gasteiger partial charge in [0, 0.05) is 12.6 Å². The maximum Gasteiger partial charge on any atom is 0.236 e. The molecule has 1 aliphatic carbocycles. The predicted octanol–water partition coefficient (Wildman–Crippen LogP) is 2.36. The SMILES string of the molecule is CCNC(=O)C(C)NC1CC(c2ccccc2C)C1. The first-order chi connectivity index (χ1) is 9.11. The molecule has 2 rings (SSSR count). The van der Waals surface area contributed by atoms with Crippen molar-refractivity contribution in [3.8, 4) is 0 Å². The van der Waals surface area contributed by atoms with Gasteiger partial charge in [0.2, 0.25) is 5.91 Å². The number of rotatable bonds is 5. The second-order valence-corrected chi connectivity index (χ2v) is 5.50. The standard InChI is InChI=1S/C16H24N2O/c1-4-17-16(19)12(3)18-14-9-13(10-14)15-8-6-5-7-11(15)2/h5-8,12-14,18H,4,9-10H2,1-3H3,(H,17,19). The molecule has 1 unspecified atom stereocenters. The minimum atomic E-state index is -0.0947. The summed E-state index contributed by atoms with van der Waals surface area (Å²) in [4.78, 5) is 11.7. The number of hydrogen-bond acceptors (Lipinski definition) is 2. The van der Waals surface area contributed by atoms with Gasteiger partial charge in [-0.2, -0.15) is 0 Å². The molecule has 1 aromatic carbocycles. The fourth-order valence-corrected chi connectivity index (χ4v) is 2.81. The van der Waals surface area contributed by atoms with E-state index in [0.29, 0.717) is 18.5 Å². The number of carbonyl (C=O) groups excluding carboxylic acids is 1. The lowest BCUT2D eigenvalue weighted by Crippen LogP contribution is -2.50. The third-order valence-electron chi connectivity index (χ3n) is 4.00. The number of hydrogen-bond donors (Lipinski definition) is 2. The summed E-state index contributed by atoms with van der Waals surface area (Å²) in [5, 5.41) is 6.26. The number of aryl methyl sites for hydroxylation is 1. The van der Waals surface area contributed by atoms with E-state index in [1.807, 2.05) is 13.8 Å². The molecule has 0 bridgehead atoms. The van der Waals surface area contributed by atoms with E-state index >= 15 is 0 Å². The highest BCUT2D eigenvalue weighted by Crippen LogP contribution is 2.38. The van der Waals surface area contributed by atoms with Gasteiger partial charge in [0.25, 0.3) is 0 Å². The molecule has 1 aromatic rings. The van der Waals surface area contributed by atoms with Gasteiger partial charge in [-0.15, -0.1) is 0 Å². The zero-order valence-corrected chi connectivity index (χ0v) is 12.1. The zero-order chi connectivity index (χ0) is 13.8. The molecular formula is C16H24N2O. The van der Waals surface area contributed by atoms with E-state index in [4.69, 9.17) is 0 Å². The van der Waals surface area contributed by atoms with Gasteiger partial charge in [-0.05, 0) is 50.7 Å². The van der Waals surface area contributed by atoms with Gasteiger partial charge >= 0.3 is 0 Å². The number of carbonyl (C=O) groups is 1. The highest BCUT2D eigenvalue weighted by Gasteiger charge is 2.32. The molecule has 3 heteroatoms. The summed E-state index contributed by atoms with van der Waals surface area (Å²) in [6.45, 7) is 6.75. The number of amides is 1. The van der Waals surface area contributed by atoms with Crippen LogP contribution in [0.2, 0.25) is 0 Å². The molecule has 2 N–H and O–H groups in total. The Bertz CT molecular complexity index is 438. The average molecular weight is 260 g/mol. The van der Waals surface area contributed by atoms with Gasteiger partial charge in [-0.3, -0.25) is 4.79 Å². The second kappa shape index (κ2) is 6.20. The van der Waals surface area contributed by atoms with Crippen molar-refractivity contribution >= 4 is 5.91 Å². The summed E-state index contributed by atoms with van der Waals surface area (Å²) in [7, 11) is 0. The summed E-state index contributed by atoms with van der Waals surface area (Å²) in [6.07, 6.45) is 2.27. The van der Waals surface area contributed by atoms with Crippen LogP contribution in [-0.4, -0.2) is 24.5 Å². The van der Waals surface area contributed by atoms with E-state index in [-0.39, 0.29) is 11.9 Å². The molecule has 1 fully saturated rings. The molecule has 0 heterocycles. The molecule has 1 saturated carbocycles. The number of nitrogens with one attached hydrogen (secondary N) is 2. The second-order valence-electron chi connectivity index (χ2n) is 5.50. The van der Waals surface area contributed by atoms with Crippen molar-refractivity contribution in [2.24, 2.45) is 0 Å². The van der Waals surface area contributed by atoms with Crippen molar-refractivity contribution in [2.45, 2.75) is 51.6 Å². The maximum absolute atomic E-state index is 11.7. The highest BCUT2D eigenvalue weighted by molar-refractivity contribution is 5.81. The monoisotopic (exact) mass is 260 g/mol. The molecular weight excluding hydrogens is 236 g/mol. The summed E-state index contributed by atoms with van der Waals surface area (Å²) >= 11 is 0. The average Bonchev–Trinajstić information content (AvgIpc) is 2.34. The largest absolute Gasteiger partial charge is 0.355 e. The van der Waals surface area contributed by atoms with Crippen LogP contribution in [0.1, 0.15) is 43.7 Å². The highest BCUT2D eigenvalue weighted by atomic mass is 16.2. The Balaban J connectivity index is 1.81. The summed E-state index contributed by atoms with van der Waals surface area (Å²) in [5.74, 6) is 0.752. The molecule has 104 valence electrons. The molecule has 1 aliphatic rings. The minimum Gasteiger partial charge on any atom is -0.355 e. The Morgan fingerprint density at radius 1 is 1.37 bits per heavy atom. The lowest BCUT2D eigenvalue weighted by Gasteiger charge is -2.38. The molecule has 0 saturated heterocycles. The summed E-state index contributed by atoms with van der Waals surface area (Å²) in [6, 6.07) is 8.98. The zero-order valence-electron chi connectivity index (χ0n) is 12.1. The molecule has 0 aromatic heterocycles. The first kappa shape index (κ1) is 14.1. The van der Waals surface area contributed by atoms with E-state index < -0.39 is 0 Å². The number of benzene rings is 1. The van der Waals surface area contributed by atoms with E-state index in [2.05, 4.69) is 41.8 Å². The lowest BCUT2D eigenvalue weighted by molar-refractivity contribution is -0.123. The van der Waals surface area contributed by atoms with Crippen LogP contribution in [0.25, 0.3) is 0 Å². The Hall–Kier alpha value is -1.35. The molecule has 1 amide bonds.